The molecule has 18 heavy (non-hydrogen) atoms. The molecule has 0 atom stereocenters. The molecule has 0 aliphatic carbocycles. The zero-order valence-corrected chi connectivity index (χ0v) is 9.60. The zero-order chi connectivity index (χ0) is 13.1. The van der Waals surface area contributed by atoms with E-state index in [2.05, 4.69) is 15.5 Å². The minimum atomic E-state index is -1.07. The van der Waals surface area contributed by atoms with E-state index in [4.69, 9.17) is 5.11 Å². The highest BCUT2D eigenvalue weighted by molar-refractivity contribution is 6.07. The number of aromatic amines is 1. The van der Waals surface area contributed by atoms with Crippen LogP contribution in [0.3, 0.4) is 0 Å². The second-order valence-corrected chi connectivity index (χ2v) is 3.74. The fraction of sp³-hybridized carbons (Fsp3) is 0.0833. The summed E-state index contributed by atoms with van der Waals surface area (Å²) in [5.74, 6) is -1.48. The Morgan fingerprint density at radius 2 is 2.17 bits per heavy atom. The van der Waals surface area contributed by atoms with Crippen molar-refractivity contribution in [2.45, 2.75) is 6.92 Å². The Labute approximate surface area is 103 Å². The summed E-state index contributed by atoms with van der Waals surface area (Å²) in [4.78, 5) is 22.9. The van der Waals surface area contributed by atoms with Gasteiger partial charge >= 0.3 is 5.97 Å². The van der Waals surface area contributed by atoms with E-state index in [1.54, 1.807) is 25.1 Å². The van der Waals surface area contributed by atoms with E-state index >= 15 is 0 Å². The third-order valence-electron chi connectivity index (χ3n) is 2.50. The molecule has 0 unspecified atom stereocenters. The van der Waals surface area contributed by atoms with Crippen molar-refractivity contribution >= 4 is 17.6 Å². The van der Waals surface area contributed by atoms with E-state index < -0.39 is 11.9 Å². The number of anilines is 1. The molecule has 0 bridgehead atoms. The number of hydrogen-bond donors (Lipinski definition) is 3. The first-order valence-corrected chi connectivity index (χ1v) is 5.22. The Balaban J connectivity index is 2.32. The molecule has 92 valence electrons. The number of aromatic carboxylic acids is 1. The van der Waals surface area contributed by atoms with Crippen LogP contribution in [0.25, 0.3) is 0 Å². The van der Waals surface area contributed by atoms with Crippen molar-refractivity contribution in [1.29, 1.82) is 0 Å². The van der Waals surface area contributed by atoms with E-state index in [9.17, 15) is 9.59 Å². The highest BCUT2D eigenvalue weighted by atomic mass is 16.4. The van der Waals surface area contributed by atoms with Crippen molar-refractivity contribution in [3.8, 4) is 0 Å². The van der Waals surface area contributed by atoms with Crippen LogP contribution < -0.4 is 5.32 Å². The zero-order valence-electron chi connectivity index (χ0n) is 9.60. The number of nitrogens with one attached hydrogen (secondary N) is 2. The summed E-state index contributed by atoms with van der Waals surface area (Å²) < 4.78 is 0. The van der Waals surface area contributed by atoms with Gasteiger partial charge in [-0.05, 0) is 18.6 Å². The van der Waals surface area contributed by atoms with Crippen LogP contribution in [0, 0.1) is 6.92 Å². The lowest BCUT2D eigenvalue weighted by atomic mass is 10.1. The van der Waals surface area contributed by atoms with Gasteiger partial charge in [-0.2, -0.15) is 5.10 Å². The first kappa shape index (κ1) is 11.8. The summed E-state index contributed by atoms with van der Waals surface area (Å²) >= 11 is 0. The van der Waals surface area contributed by atoms with Crippen molar-refractivity contribution in [3.05, 3.63) is 47.3 Å². The molecule has 0 radical (unpaired) electrons. The van der Waals surface area contributed by atoms with Crippen LogP contribution in [-0.4, -0.2) is 27.2 Å². The number of carbonyl (C=O) groups excluding carboxylic acids is 1. The molecule has 1 heterocycles. The number of benzene rings is 1. The molecule has 2 aromatic rings. The maximum atomic E-state index is 11.8. The number of aryl methyl sites for hydroxylation is 1. The number of H-pyrrole nitrogens is 1. The molecule has 0 spiro atoms. The van der Waals surface area contributed by atoms with E-state index in [1.165, 1.54) is 12.4 Å². The minimum absolute atomic E-state index is 0.0920. The van der Waals surface area contributed by atoms with Crippen molar-refractivity contribution < 1.29 is 14.7 Å². The molecule has 1 amide bonds. The molecule has 3 N–H and O–H groups in total. The topological polar surface area (TPSA) is 95.1 Å². The number of carboxylic acids is 1. The van der Waals surface area contributed by atoms with Gasteiger partial charge in [-0.3, -0.25) is 9.89 Å². The van der Waals surface area contributed by atoms with Crippen LogP contribution in [0.2, 0.25) is 0 Å². The van der Waals surface area contributed by atoms with E-state index in [0.29, 0.717) is 11.1 Å². The fourth-order valence-corrected chi connectivity index (χ4v) is 1.63. The minimum Gasteiger partial charge on any atom is -0.478 e. The standard InChI is InChI=1S/C12H11N3O3/c1-7-3-2-4-9(10(7)12(17)18)15-11(16)8-5-13-14-6-8/h2-6H,1H3,(H,13,14)(H,15,16)(H,17,18). The Bertz CT molecular complexity index is 591. The van der Waals surface area contributed by atoms with E-state index in [0.717, 1.165) is 0 Å². The molecule has 0 saturated heterocycles. The summed E-state index contributed by atoms with van der Waals surface area (Å²) in [5.41, 5.74) is 1.29. The Morgan fingerprint density at radius 1 is 1.39 bits per heavy atom. The molecule has 6 heteroatoms. The third kappa shape index (κ3) is 2.22. The fourth-order valence-electron chi connectivity index (χ4n) is 1.63. The number of carboxylic acid groups (broad SMARTS) is 1. The molecule has 0 aliphatic rings. The molecule has 2 rings (SSSR count). The van der Waals surface area contributed by atoms with Gasteiger partial charge in [0.25, 0.3) is 5.91 Å². The van der Waals surface area contributed by atoms with Gasteiger partial charge in [0, 0.05) is 6.20 Å². The lowest BCUT2D eigenvalue weighted by Crippen LogP contribution is -2.15. The quantitative estimate of drug-likeness (QED) is 0.766. The summed E-state index contributed by atoms with van der Waals surface area (Å²) in [6, 6.07) is 4.91. The molecule has 1 aromatic carbocycles. The predicted octanol–water partition coefficient (Wildman–Crippen LogP) is 1.67. The lowest BCUT2D eigenvalue weighted by molar-refractivity contribution is 0.0697. The summed E-state index contributed by atoms with van der Waals surface area (Å²) in [5, 5.41) is 17.9. The monoisotopic (exact) mass is 245 g/mol. The summed E-state index contributed by atoms with van der Waals surface area (Å²) in [6.07, 6.45) is 2.80. The van der Waals surface area contributed by atoms with E-state index in [-0.39, 0.29) is 11.3 Å². The van der Waals surface area contributed by atoms with Gasteiger partial charge < -0.3 is 10.4 Å². The van der Waals surface area contributed by atoms with Gasteiger partial charge in [0.15, 0.2) is 0 Å². The van der Waals surface area contributed by atoms with Gasteiger partial charge in [-0.1, -0.05) is 12.1 Å². The van der Waals surface area contributed by atoms with Gasteiger partial charge in [0.1, 0.15) is 0 Å². The molecule has 0 saturated carbocycles. The van der Waals surface area contributed by atoms with Crippen LogP contribution in [-0.2, 0) is 0 Å². The Kier molecular flexibility index (Phi) is 3.09. The summed E-state index contributed by atoms with van der Waals surface area (Å²) in [7, 11) is 0. The van der Waals surface area contributed by atoms with Crippen molar-refractivity contribution in [2.75, 3.05) is 5.32 Å². The van der Waals surface area contributed by atoms with Gasteiger partial charge in [0.2, 0.25) is 0 Å². The smallest absolute Gasteiger partial charge is 0.338 e. The third-order valence-corrected chi connectivity index (χ3v) is 2.50. The first-order valence-electron chi connectivity index (χ1n) is 5.22. The predicted molar refractivity (Wildman–Crippen MR) is 64.7 cm³/mol. The molecule has 6 nitrogen and oxygen atoms in total. The Hall–Kier alpha value is -2.63. The highest BCUT2D eigenvalue weighted by Gasteiger charge is 2.15. The van der Waals surface area contributed by atoms with Gasteiger partial charge in [-0.25, -0.2) is 4.79 Å². The number of amides is 1. The van der Waals surface area contributed by atoms with Crippen molar-refractivity contribution in [3.63, 3.8) is 0 Å². The Morgan fingerprint density at radius 3 is 2.78 bits per heavy atom. The molecule has 0 fully saturated rings. The van der Waals surface area contributed by atoms with E-state index in [1.807, 2.05) is 0 Å². The molecular weight excluding hydrogens is 234 g/mol. The highest BCUT2D eigenvalue weighted by Crippen LogP contribution is 2.20. The van der Waals surface area contributed by atoms with Crippen LogP contribution in [0.4, 0.5) is 5.69 Å². The van der Waals surface area contributed by atoms with Crippen molar-refractivity contribution in [2.24, 2.45) is 0 Å². The summed E-state index contributed by atoms with van der Waals surface area (Å²) in [6.45, 7) is 1.68. The van der Waals surface area contributed by atoms with Gasteiger partial charge in [0.05, 0.1) is 23.0 Å². The maximum Gasteiger partial charge on any atom is 0.338 e. The number of hydrogen-bond acceptors (Lipinski definition) is 3. The maximum absolute atomic E-state index is 11.8. The van der Waals surface area contributed by atoms with Crippen LogP contribution in [0.5, 0.6) is 0 Å². The number of carbonyl (C=O) groups is 2. The normalized spacial score (nSPS) is 10.1. The average molecular weight is 245 g/mol. The number of aromatic nitrogens is 2. The molecular formula is C12H11N3O3. The van der Waals surface area contributed by atoms with Crippen LogP contribution in [0.1, 0.15) is 26.3 Å². The molecule has 1 aromatic heterocycles. The SMILES string of the molecule is Cc1cccc(NC(=O)c2cn[nH]c2)c1C(=O)O. The molecule has 0 aliphatic heterocycles. The largest absolute Gasteiger partial charge is 0.478 e. The lowest BCUT2D eigenvalue weighted by Gasteiger charge is -2.09. The van der Waals surface area contributed by atoms with Crippen LogP contribution >= 0.6 is 0 Å². The number of rotatable bonds is 3. The number of nitrogens with zero attached hydrogens (tertiary/aromatic N) is 1. The average Bonchev–Trinajstić information content (AvgIpc) is 2.81. The van der Waals surface area contributed by atoms with Crippen LogP contribution in [0.15, 0.2) is 30.6 Å². The second kappa shape index (κ2) is 4.70. The van der Waals surface area contributed by atoms with Gasteiger partial charge in [-0.15, -0.1) is 0 Å². The second-order valence-electron chi connectivity index (χ2n) is 3.74. The first-order chi connectivity index (χ1) is 8.59. The van der Waals surface area contributed by atoms with Crippen molar-refractivity contribution in [1.82, 2.24) is 10.2 Å².